The molecule has 12 heteroatoms. The van der Waals surface area contributed by atoms with Gasteiger partial charge in [-0.05, 0) is 48.0 Å². The zero-order chi connectivity index (χ0) is 25.4. The van der Waals surface area contributed by atoms with E-state index in [1.54, 1.807) is 35.1 Å². The van der Waals surface area contributed by atoms with Crippen molar-refractivity contribution >= 4 is 29.0 Å². The Morgan fingerprint density at radius 2 is 1.78 bits per heavy atom. The summed E-state index contributed by atoms with van der Waals surface area (Å²) in [6, 6.07) is 15.6. The fraction of sp³-hybridized carbons (Fsp3) is 0.0833. The van der Waals surface area contributed by atoms with Crippen LogP contribution in [-0.2, 0) is 12.7 Å². The maximum absolute atomic E-state index is 13.8. The van der Waals surface area contributed by atoms with Crippen LogP contribution in [0, 0.1) is 5.82 Å². The lowest BCUT2D eigenvalue weighted by molar-refractivity contribution is -0.142. The molecule has 182 valence electrons. The van der Waals surface area contributed by atoms with Crippen LogP contribution in [0.5, 0.6) is 0 Å². The number of rotatable bonds is 5. The SMILES string of the molecule is O=C(Nc1ccn(Cc2cccc(Cl)c2)n1)c1cc2nc(-c3ccc(F)cc3)cc(C(F)(F)F)n2n1. The summed E-state index contributed by atoms with van der Waals surface area (Å²) in [6.07, 6.45) is -3.15. The van der Waals surface area contributed by atoms with Gasteiger partial charge in [-0.3, -0.25) is 9.48 Å². The van der Waals surface area contributed by atoms with Crippen molar-refractivity contribution in [2.24, 2.45) is 0 Å². The van der Waals surface area contributed by atoms with Gasteiger partial charge in [0.15, 0.2) is 22.9 Å². The lowest BCUT2D eigenvalue weighted by atomic mass is 10.1. The maximum Gasteiger partial charge on any atom is 0.433 e. The van der Waals surface area contributed by atoms with Crippen molar-refractivity contribution in [2.75, 3.05) is 5.32 Å². The van der Waals surface area contributed by atoms with Crippen LogP contribution in [0.3, 0.4) is 0 Å². The molecule has 36 heavy (non-hydrogen) atoms. The molecule has 1 N–H and O–H groups in total. The highest BCUT2D eigenvalue weighted by atomic mass is 35.5. The zero-order valence-corrected chi connectivity index (χ0v) is 18.9. The quantitative estimate of drug-likeness (QED) is 0.305. The first-order valence-corrected chi connectivity index (χ1v) is 10.9. The Morgan fingerprint density at radius 1 is 1.00 bits per heavy atom. The smallest absolute Gasteiger partial charge is 0.304 e. The van der Waals surface area contributed by atoms with Gasteiger partial charge < -0.3 is 5.32 Å². The molecule has 0 fully saturated rings. The first kappa shape index (κ1) is 23.5. The van der Waals surface area contributed by atoms with E-state index in [9.17, 15) is 22.4 Å². The average molecular weight is 515 g/mol. The Labute approximate surface area is 206 Å². The van der Waals surface area contributed by atoms with E-state index in [1.807, 2.05) is 6.07 Å². The summed E-state index contributed by atoms with van der Waals surface area (Å²) in [7, 11) is 0. The molecule has 0 aliphatic heterocycles. The summed E-state index contributed by atoms with van der Waals surface area (Å²) in [5, 5.41) is 11.2. The van der Waals surface area contributed by atoms with Crippen LogP contribution in [-0.4, -0.2) is 30.3 Å². The van der Waals surface area contributed by atoms with Crippen molar-refractivity contribution in [3.05, 3.63) is 101 Å². The van der Waals surface area contributed by atoms with E-state index in [-0.39, 0.29) is 28.4 Å². The average Bonchev–Trinajstić information content (AvgIpc) is 3.45. The van der Waals surface area contributed by atoms with Gasteiger partial charge in [0.25, 0.3) is 5.91 Å². The topological polar surface area (TPSA) is 77.1 Å². The molecule has 0 saturated carbocycles. The summed E-state index contributed by atoms with van der Waals surface area (Å²) < 4.78 is 56.7. The largest absolute Gasteiger partial charge is 0.433 e. The van der Waals surface area contributed by atoms with Crippen LogP contribution in [0.15, 0.2) is 72.9 Å². The summed E-state index contributed by atoms with van der Waals surface area (Å²) in [5.41, 5.74) is -0.471. The van der Waals surface area contributed by atoms with Crippen molar-refractivity contribution < 1.29 is 22.4 Å². The van der Waals surface area contributed by atoms with E-state index in [0.29, 0.717) is 16.1 Å². The fourth-order valence-corrected chi connectivity index (χ4v) is 3.79. The highest BCUT2D eigenvalue weighted by Gasteiger charge is 2.35. The third kappa shape index (κ3) is 4.91. The van der Waals surface area contributed by atoms with Crippen molar-refractivity contribution in [3.63, 3.8) is 0 Å². The monoisotopic (exact) mass is 514 g/mol. The van der Waals surface area contributed by atoms with E-state index in [0.717, 1.165) is 29.8 Å². The van der Waals surface area contributed by atoms with Gasteiger partial charge in [-0.2, -0.15) is 23.4 Å². The van der Waals surface area contributed by atoms with Crippen LogP contribution in [0.1, 0.15) is 21.7 Å². The Morgan fingerprint density at radius 3 is 2.50 bits per heavy atom. The van der Waals surface area contributed by atoms with Gasteiger partial charge in [0.2, 0.25) is 0 Å². The fourth-order valence-electron chi connectivity index (χ4n) is 3.58. The molecule has 0 atom stereocenters. The molecule has 5 aromatic rings. The molecule has 0 aliphatic rings. The summed E-state index contributed by atoms with van der Waals surface area (Å²) in [5.74, 6) is -1.10. The van der Waals surface area contributed by atoms with Crippen LogP contribution in [0.4, 0.5) is 23.4 Å². The molecule has 2 aromatic carbocycles. The van der Waals surface area contributed by atoms with Crippen molar-refractivity contribution in [3.8, 4) is 11.3 Å². The molecule has 0 spiro atoms. The number of fused-ring (bicyclic) bond motifs is 1. The second-order valence-corrected chi connectivity index (χ2v) is 8.25. The molecule has 0 aliphatic carbocycles. The number of amides is 1. The lowest BCUT2D eigenvalue weighted by Crippen LogP contribution is -2.16. The summed E-state index contributed by atoms with van der Waals surface area (Å²) in [4.78, 5) is 16.9. The third-order valence-corrected chi connectivity index (χ3v) is 5.44. The zero-order valence-electron chi connectivity index (χ0n) is 18.2. The molecule has 0 bridgehead atoms. The molecular weight excluding hydrogens is 500 g/mol. The Bertz CT molecular complexity index is 1580. The van der Waals surface area contributed by atoms with E-state index in [2.05, 4.69) is 20.5 Å². The normalized spacial score (nSPS) is 11.7. The van der Waals surface area contributed by atoms with Gasteiger partial charge >= 0.3 is 6.18 Å². The Balaban J connectivity index is 1.42. The standard InChI is InChI=1S/C24H15ClF4N6O/c25-16-3-1-2-14(10-16)13-34-9-8-21(33-34)31-23(36)19-12-22-30-18(15-4-6-17(26)7-5-15)11-20(24(27,28)29)35(22)32-19/h1-12H,13H2,(H,31,33,36). The van der Waals surface area contributed by atoms with Gasteiger partial charge in [-0.15, -0.1) is 0 Å². The number of aromatic nitrogens is 5. The number of halogens is 5. The minimum atomic E-state index is -4.78. The number of carbonyl (C=O) groups excluding carboxylic acids is 1. The van der Waals surface area contributed by atoms with Crippen molar-refractivity contribution in [1.29, 1.82) is 0 Å². The Kier molecular flexibility index (Phi) is 5.92. The van der Waals surface area contributed by atoms with Crippen LogP contribution >= 0.6 is 11.6 Å². The predicted molar refractivity (Wildman–Crippen MR) is 124 cm³/mol. The van der Waals surface area contributed by atoms with Gasteiger partial charge in [0.05, 0.1) is 12.2 Å². The Hall–Kier alpha value is -4.25. The number of carbonyl (C=O) groups is 1. The highest BCUT2D eigenvalue weighted by molar-refractivity contribution is 6.30. The molecule has 0 radical (unpaired) electrons. The second kappa shape index (κ2) is 9.08. The molecule has 5 rings (SSSR count). The molecule has 3 heterocycles. The third-order valence-electron chi connectivity index (χ3n) is 5.21. The van der Waals surface area contributed by atoms with Gasteiger partial charge in [0.1, 0.15) is 5.82 Å². The first-order valence-electron chi connectivity index (χ1n) is 10.5. The highest BCUT2D eigenvalue weighted by Crippen LogP contribution is 2.32. The predicted octanol–water partition coefficient (Wildman–Crippen LogP) is 5.70. The number of benzene rings is 2. The van der Waals surface area contributed by atoms with Crippen LogP contribution < -0.4 is 5.32 Å². The van der Waals surface area contributed by atoms with Crippen molar-refractivity contribution in [2.45, 2.75) is 12.7 Å². The molecule has 0 saturated heterocycles. The first-order chi connectivity index (χ1) is 17.2. The maximum atomic E-state index is 13.8. The number of nitrogens with one attached hydrogen (secondary N) is 1. The minimum absolute atomic E-state index is 0.0403. The summed E-state index contributed by atoms with van der Waals surface area (Å²) in [6.45, 7) is 0.399. The van der Waals surface area contributed by atoms with Gasteiger partial charge in [0, 0.05) is 28.9 Å². The number of nitrogens with zero attached hydrogens (tertiary/aromatic N) is 5. The van der Waals surface area contributed by atoms with E-state index < -0.39 is 23.6 Å². The number of anilines is 1. The van der Waals surface area contributed by atoms with E-state index >= 15 is 0 Å². The number of alkyl halides is 3. The minimum Gasteiger partial charge on any atom is -0.304 e. The summed E-state index contributed by atoms with van der Waals surface area (Å²) >= 11 is 5.99. The second-order valence-electron chi connectivity index (χ2n) is 7.81. The van der Waals surface area contributed by atoms with E-state index in [1.165, 1.54) is 12.1 Å². The number of hydrogen-bond acceptors (Lipinski definition) is 4. The molecule has 0 unspecified atom stereocenters. The molecule has 1 amide bonds. The lowest BCUT2D eigenvalue weighted by Gasteiger charge is -2.11. The molecular formula is C24H15ClF4N6O. The number of hydrogen-bond donors (Lipinski definition) is 1. The van der Waals surface area contributed by atoms with Gasteiger partial charge in [-0.1, -0.05) is 23.7 Å². The molecule has 3 aromatic heterocycles. The van der Waals surface area contributed by atoms with E-state index in [4.69, 9.17) is 11.6 Å². The van der Waals surface area contributed by atoms with Crippen LogP contribution in [0.2, 0.25) is 5.02 Å². The van der Waals surface area contributed by atoms with Crippen LogP contribution in [0.25, 0.3) is 16.9 Å². The van der Waals surface area contributed by atoms with Crippen molar-refractivity contribution in [1.82, 2.24) is 24.4 Å². The molecule has 7 nitrogen and oxygen atoms in total. The van der Waals surface area contributed by atoms with Gasteiger partial charge in [-0.25, -0.2) is 13.9 Å².